The van der Waals surface area contributed by atoms with E-state index >= 15 is 0 Å². The first-order valence-electron chi connectivity index (χ1n) is 7.98. The molecule has 0 unspecified atom stereocenters. The van der Waals surface area contributed by atoms with Crippen LogP contribution in [-0.4, -0.2) is 31.1 Å². The Morgan fingerprint density at radius 2 is 1.86 bits per heavy atom. The highest BCUT2D eigenvalue weighted by Crippen LogP contribution is 2.28. The van der Waals surface area contributed by atoms with E-state index < -0.39 is 10.9 Å². The molecule has 0 fully saturated rings. The number of hydrogen-bond donors (Lipinski definition) is 1. The number of fused-ring (bicyclic) bond motifs is 3. The molecule has 10 heteroatoms. The van der Waals surface area contributed by atoms with Crippen molar-refractivity contribution in [1.29, 1.82) is 0 Å². The third-order valence-corrected chi connectivity index (χ3v) is 4.77. The van der Waals surface area contributed by atoms with E-state index in [2.05, 4.69) is 20.2 Å². The van der Waals surface area contributed by atoms with Crippen LogP contribution in [0.4, 0.5) is 5.69 Å². The van der Waals surface area contributed by atoms with Crippen molar-refractivity contribution in [2.45, 2.75) is 5.16 Å². The van der Waals surface area contributed by atoms with Crippen molar-refractivity contribution in [3.05, 3.63) is 69.1 Å². The number of nitro groups is 1. The van der Waals surface area contributed by atoms with E-state index in [4.69, 9.17) is 0 Å². The Labute approximate surface area is 161 Å². The number of rotatable bonds is 5. The molecule has 0 aliphatic heterocycles. The molecule has 9 nitrogen and oxygen atoms in total. The molecule has 0 aliphatic carbocycles. The quantitative estimate of drug-likeness (QED) is 0.236. The maximum atomic E-state index is 11.5. The van der Waals surface area contributed by atoms with E-state index in [-0.39, 0.29) is 15.7 Å². The molecule has 0 saturated carbocycles. The van der Waals surface area contributed by atoms with Crippen molar-refractivity contribution >= 4 is 51.6 Å². The van der Waals surface area contributed by atoms with Gasteiger partial charge in [0.15, 0.2) is 5.65 Å². The molecule has 28 heavy (non-hydrogen) atoms. The minimum atomic E-state index is -1.41. The van der Waals surface area contributed by atoms with Crippen LogP contribution >= 0.6 is 11.8 Å². The number of carbonyl (C=O) groups is 1. The van der Waals surface area contributed by atoms with Crippen molar-refractivity contribution in [3.63, 3.8) is 0 Å². The number of thioether (sulfide) groups is 1. The van der Waals surface area contributed by atoms with Crippen LogP contribution in [0.2, 0.25) is 0 Å². The van der Waals surface area contributed by atoms with Gasteiger partial charge in [0, 0.05) is 27.9 Å². The zero-order chi connectivity index (χ0) is 19.7. The summed E-state index contributed by atoms with van der Waals surface area (Å²) in [5.41, 5.74) is 2.32. The number of aromatic nitrogens is 4. The fourth-order valence-corrected chi connectivity index (χ4v) is 3.31. The summed E-state index contributed by atoms with van der Waals surface area (Å²) in [6.07, 6.45) is 1.34. The van der Waals surface area contributed by atoms with Gasteiger partial charge in [0.2, 0.25) is 5.16 Å². The summed E-state index contributed by atoms with van der Waals surface area (Å²) in [5.74, 6) is -1.41. The molecule has 0 atom stereocenters. The van der Waals surface area contributed by atoms with Gasteiger partial charge >= 0.3 is 0 Å². The fourth-order valence-electron chi connectivity index (χ4n) is 2.62. The van der Waals surface area contributed by atoms with Gasteiger partial charge in [-0.3, -0.25) is 10.1 Å². The van der Waals surface area contributed by atoms with Crippen molar-refractivity contribution < 1.29 is 14.8 Å². The van der Waals surface area contributed by atoms with Gasteiger partial charge in [-0.15, -0.1) is 10.2 Å². The molecule has 2 aromatic carbocycles. The molecule has 0 spiro atoms. The van der Waals surface area contributed by atoms with Crippen LogP contribution in [0.1, 0.15) is 5.56 Å². The summed E-state index contributed by atoms with van der Waals surface area (Å²) in [4.78, 5) is 29.0. The summed E-state index contributed by atoms with van der Waals surface area (Å²) in [6, 6.07) is 13.0. The van der Waals surface area contributed by atoms with Gasteiger partial charge in [0.25, 0.3) is 5.69 Å². The molecule has 2 aromatic heterocycles. The van der Waals surface area contributed by atoms with E-state index in [9.17, 15) is 20.0 Å². The second-order valence-corrected chi connectivity index (χ2v) is 6.72. The molecule has 0 amide bonds. The highest BCUT2D eigenvalue weighted by Gasteiger charge is 2.12. The number of para-hydroxylation sites is 1. The van der Waals surface area contributed by atoms with Crippen LogP contribution < -0.4 is 5.11 Å². The molecular weight excluding hydrogens is 382 g/mol. The zero-order valence-electron chi connectivity index (χ0n) is 14.0. The van der Waals surface area contributed by atoms with Crippen molar-refractivity contribution in [3.8, 4) is 0 Å². The van der Waals surface area contributed by atoms with Crippen LogP contribution in [-0.2, 0) is 4.79 Å². The van der Waals surface area contributed by atoms with Gasteiger partial charge in [-0.05, 0) is 41.6 Å². The Bertz CT molecular complexity index is 1250. The lowest BCUT2D eigenvalue weighted by atomic mass is 10.2. The molecular formula is C18H10N5O4S-. The number of carboxylic acids is 1. The standard InChI is InChI=1S/C18H11N5O4S/c24-17(25)14(9-10-5-7-11(8-6-10)23(26)27)28-18-20-16-15(21-22-18)12-3-1-2-4-13(12)19-16/h1-9H,(H,24,25)(H,19,20,22)/p-1/b14-9-. The predicted octanol–water partition coefficient (Wildman–Crippen LogP) is 2.30. The van der Waals surface area contributed by atoms with Crippen LogP contribution in [0.25, 0.3) is 28.1 Å². The Morgan fingerprint density at radius 1 is 1.11 bits per heavy atom. The molecule has 138 valence electrons. The smallest absolute Gasteiger partial charge is 0.269 e. The Hall–Kier alpha value is -3.79. The number of nitro benzene ring substituents is 1. The first kappa shape index (κ1) is 17.6. The van der Waals surface area contributed by atoms with E-state index in [1.807, 2.05) is 24.3 Å². The second kappa shape index (κ2) is 7.08. The van der Waals surface area contributed by atoms with Crippen LogP contribution in [0.15, 0.2) is 58.6 Å². The van der Waals surface area contributed by atoms with E-state index in [0.29, 0.717) is 16.7 Å². The molecule has 1 N–H and O–H groups in total. The normalized spacial score (nSPS) is 11.8. The number of nitrogens with one attached hydrogen (secondary N) is 1. The summed E-state index contributed by atoms with van der Waals surface area (Å²) >= 11 is 0.787. The zero-order valence-corrected chi connectivity index (χ0v) is 14.8. The van der Waals surface area contributed by atoms with Gasteiger partial charge in [0.1, 0.15) is 5.52 Å². The number of hydrogen-bond acceptors (Lipinski definition) is 8. The third kappa shape index (κ3) is 3.40. The molecule has 2 heterocycles. The number of aliphatic carboxylic acids is 1. The van der Waals surface area contributed by atoms with Crippen molar-refractivity contribution in [2.24, 2.45) is 0 Å². The number of nitrogens with zero attached hydrogens (tertiary/aromatic N) is 4. The maximum absolute atomic E-state index is 11.5. The number of aromatic amines is 1. The number of benzene rings is 2. The molecule has 4 aromatic rings. The Balaban J connectivity index is 1.66. The van der Waals surface area contributed by atoms with Crippen molar-refractivity contribution in [2.75, 3.05) is 0 Å². The second-order valence-electron chi connectivity index (χ2n) is 5.71. The minimum Gasteiger partial charge on any atom is -0.544 e. The number of H-pyrrole nitrogens is 1. The Kier molecular flexibility index (Phi) is 4.45. The molecule has 4 rings (SSSR count). The van der Waals surface area contributed by atoms with Gasteiger partial charge in [-0.1, -0.05) is 18.2 Å². The molecule has 0 aliphatic rings. The summed E-state index contributed by atoms with van der Waals surface area (Å²) in [6.45, 7) is 0. The Morgan fingerprint density at radius 3 is 2.57 bits per heavy atom. The summed E-state index contributed by atoms with van der Waals surface area (Å²) in [5, 5.41) is 31.3. The number of carbonyl (C=O) groups excluding carboxylic acids is 1. The van der Waals surface area contributed by atoms with Gasteiger partial charge in [-0.25, -0.2) is 4.98 Å². The molecule has 0 radical (unpaired) electrons. The van der Waals surface area contributed by atoms with Crippen LogP contribution in [0.5, 0.6) is 0 Å². The molecule has 0 bridgehead atoms. The van der Waals surface area contributed by atoms with Gasteiger partial charge < -0.3 is 14.9 Å². The average Bonchev–Trinajstić information content (AvgIpc) is 3.05. The average molecular weight is 392 g/mol. The van der Waals surface area contributed by atoms with Crippen LogP contribution in [0.3, 0.4) is 0 Å². The van der Waals surface area contributed by atoms with E-state index in [1.54, 1.807) is 0 Å². The largest absolute Gasteiger partial charge is 0.544 e. The SMILES string of the molecule is O=C([O-])/C(=C/c1ccc([N+](=O)[O-])cc1)Sc1nnc2c(n1)[nH]c1ccccc12. The van der Waals surface area contributed by atoms with Crippen LogP contribution in [0, 0.1) is 10.1 Å². The molecule has 0 saturated heterocycles. The topological polar surface area (TPSA) is 138 Å². The highest BCUT2D eigenvalue weighted by atomic mass is 32.2. The summed E-state index contributed by atoms with van der Waals surface area (Å²) in [7, 11) is 0. The van der Waals surface area contributed by atoms with Crippen molar-refractivity contribution in [1.82, 2.24) is 20.2 Å². The van der Waals surface area contributed by atoms with E-state index in [1.165, 1.54) is 30.3 Å². The summed E-state index contributed by atoms with van der Waals surface area (Å²) < 4.78 is 0. The number of non-ortho nitro benzene ring substituents is 1. The first-order valence-corrected chi connectivity index (χ1v) is 8.79. The number of carboxylic acid groups (broad SMARTS) is 1. The maximum Gasteiger partial charge on any atom is 0.269 e. The lowest BCUT2D eigenvalue weighted by Crippen LogP contribution is -2.23. The van der Waals surface area contributed by atoms with Gasteiger partial charge in [0.05, 0.1) is 10.9 Å². The predicted molar refractivity (Wildman–Crippen MR) is 101 cm³/mol. The lowest BCUT2D eigenvalue weighted by molar-refractivity contribution is -0.384. The lowest BCUT2D eigenvalue weighted by Gasteiger charge is -2.07. The van der Waals surface area contributed by atoms with Gasteiger partial charge in [-0.2, -0.15) is 0 Å². The monoisotopic (exact) mass is 392 g/mol. The minimum absolute atomic E-state index is 0.0865. The first-order chi connectivity index (χ1) is 13.5. The highest BCUT2D eigenvalue weighted by molar-refractivity contribution is 8.04. The van der Waals surface area contributed by atoms with E-state index in [0.717, 1.165) is 22.7 Å². The third-order valence-electron chi connectivity index (χ3n) is 3.91. The fraction of sp³-hybridized carbons (Fsp3) is 0.